The van der Waals surface area contributed by atoms with Crippen molar-refractivity contribution < 1.29 is 22.6 Å². The van der Waals surface area contributed by atoms with Crippen LogP contribution < -0.4 is 10.1 Å². The van der Waals surface area contributed by atoms with E-state index in [-0.39, 0.29) is 16.3 Å². The maximum atomic E-state index is 13.1. The number of hydrogen-bond donors (Lipinski definition) is 1. The van der Waals surface area contributed by atoms with Crippen LogP contribution in [0.1, 0.15) is 17.2 Å². The Hall–Kier alpha value is -0.980. The molecule has 1 aromatic carbocycles. The predicted octanol–water partition coefficient (Wildman–Crippen LogP) is 3.03. The van der Waals surface area contributed by atoms with E-state index < -0.39 is 17.8 Å². The largest absolute Gasteiger partial charge is 0.495 e. The molecule has 3 nitrogen and oxygen atoms in total. The van der Waals surface area contributed by atoms with Crippen molar-refractivity contribution in [2.45, 2.75) is 12.3 Å². The smallest absolute Gasteiger partial charge is 0.416 e. The van der Waals surface area contributed by atoms with Crippen molar-refractivity contribution in [2.75, 3.05) is 26.8 Å². The Balaban J connectivity index is 2.48. The molecule has 0 aliphatic carbocycles. The van der Waals surface area contributed by atoms with Crippen molar-refractivity contribution in [1.82, 2.24) is 5.32 Å². The topological polar surface area (TPSA) is 30.5 Å². The maximum Gasteiger partial charge on any atom is 0.416 e. The average Bonchev–Trinajstić information content (AvgIpc) is 2.38. The van der Waals surface area contributed by atoms with E-state index in [2.05, 4.69) is 5.32 Å². The second kappa shape index (κ2) is 5.56. The fourth-order valence-corrected chi connectivity index (χ4v) is 2.25. The van der Waals surface area contributed by atoms with Crippen molar-refractivity contribution in [3.8, 4) is 5.75 Å². The first-order chi connectivity index (χ1) is 8.93. The molecule has 1 atom stereocenters. The molecular weight excluding hydrogens is 283 g/mol. The van der Waals surface area contributed by atoms with Crippen molar-refractivity contribution in [3.63, 3.8) is 0 Å². The average molecular weight is 296 g/mol. The third-order valence-electron chi connectivity index (χ3n) is 2.90. The van der Waals surface area contributed by atoms with E-state index in [1.807, 2.05) is 0 Å². The number of morpholine rings is 1. The zero-order valence-electron chi connectivity index (χ0n) is 10.2. The third-order valence-corrected chi connectivity index (χ3v) is 3.20. The fraction of sp³-hybridized carbons (Fsp3) is 0.500. The molecule has 1 aliphatic heterocycles. The Morgan fingerprint density at radius 2 is 2.16 bits per heavy atom. The van der Waals surface area contributed by atoms with Crippen molar-refractivity contribution in [3.05, 3.63) is 28.3 Å². The zero-order valence-corrected chi connectivity index (χ0v) is 10.9. The first-order valence-electron chi connectivity index (χ1n) is 5.70. The lowest BCUT2D eigenvalue weighted by Gasteiger charge is -2.27. The van der Waals surface area contributed by atoms with Crippen LogP contribution in [-0.2, 0) is 10.9 Å². The minimum absolute atomic E-state index is 0.00140. The lowest BCUT2D eigenvalue weighted by molar-refractivity contribution is -0.139. The number of hydrogen-bond acceptors (Lipinski definition) is 3. The van der Waals surface area contributed by atoms with Gasteiger partial charge in [-0.05, 0) is 17.7 Å². The summed E-state index contributed by atoms with van der Waals surface area (Å²) >= 11 is 5.90. The lowest BCUT2D eigenvalue weighted by atomic mass is 10.0. The second-order valence-electron chi connectivity index (χ2n) is 4.14. The molecule has 0 aromatic heterocycles. The molecular formula is C12H13ClF3NO2. The number of benzene rings is 1. The van der Waals surface area contributed by atoms with Gasteiger partial charge in [0.05, 0.1) is 30.4 Å². The zero-order chi connectivity index (χ0) is 14.0. The Bertz CT molecular complexity index is 459. The second-order valence-corrected chi connectivity index (χ2v) is 4.54. The van der Waals surface area contributed by atoms with E-state index in [4.69, 9.17) is 21.1 Å². The van der Waals surface area contributed by atoms with Gasteiger partial charge in [-0.25, -0.2) is 0 Å². The molecule has 0 radical (unpaired) electrons. The highest BCUT2D eigenvalue weighted by Crippen LogP contribution is 2.41. The minimum atomic E-state index is -4.48. The van der Waals surface area contributed by atoms with Crippen LogP contribution in [0.15, 0.2) is 12.1 Å². The molecule has 7 heteroatoms. The van der Waals surface area contributed by atoms with Gasteiger partial charge in [-0.15, -0.1) is 0 Å². The van der Waals surface area contributed by atoms with Crippen LogP contribution in [0.3, 0.4) is 0 Å². The van der Waals surface area contributed by atoms with Crippen LogP contribution in [0.5, 0.6) is 5.75 Å². The molecule has 19 heavy (non-hydrogen) atoms. The molecule has 1 N–H and O–H groups in total. The van der Waals surface area contributed by atoms with Crippen molar-refractivity contribution in [1.29, 1.82) is 0 Å². The maximum absolute atomic E-state index is 13.1. The van der Waals surface area contributed by atoms with E-state index in [1.54, 1.807) is 0 Å². The van der Waals surface area contributed by atoms with E-state index in [1.165, 1.54) is 13.2 Å². The summed E-state index contributed by atoms with van der Waals surface area (Å²) in [6.45, 7) is 1.32. The van der Waals surface area contributed by atoms with Gasteiger partial charge in [0.2, 0.25) is 0 Å². The Morgan fingerprint density at radius 1 is 1.42 bits per heavy atom. The summed E-state index contributed by atoms with van der Waals surface area (Å²) in [6, 6.07) is 2.18. The van der Waals surface area contributed by atoms with Gasteiger partial charge in [0, 0.05) is 13.1 Å². The summed E-state index contributed by atoms with van der Waals surface area (Å²) in [5, 5.41) is 3.13. The van der Waals surface area contributed by atoms with Gasteiger partial charge in [0.25, 0.3) is 0 Å². The molecule has 1 unspecified atom stereocenters. The predicted molar refractivity (Wildman–Crippen MR) is 64.6 cm³/mol. The molecule has 106 valence electrons. The molecule has 1 heterocycles. The summed E-state index contributed by atoms with van der Waals surface area (Å²) in [5.41, 5.74) is -0.743. The van der Waals surface area contributed by atoms with Gasteiger partial charge < -0.3 is 14.8 Å². The summed E-state index contributed by atoms with van der Waals surface area (Å²) in [4.78, 5) is 0. The highest BCUT2D eigenvalue weighted by atomic mass is 35.5. The molecule has 0 saturated carbocycles. The summed E-state index contributed by atoms with van der Waals surface area (Å²) < 4.78 is 49.4. The van der Waals surface area contributed by atoms with Crippen LogP contribution in [0.2, 0.25) is 5.02 Å². The molecule has 0 spiro atoms. The van der Waals surface area contributed by atoms with Crippen LogP contribution in [0.4, 0.5) is 13.2 Å². The third kappa shape index (κ3) is 3.13. The molecule has 1 fully saturated rings. The summed E-state index contributed by atoms with van der Waals surface area (Å²) in [5.74, 6) is 0.00140. The van der Waals surface area contributed by atoms with E-state index >= 15 is 0 Å². The molecule has 0 amide bonds. The first-order valence-corrected chi connectivity index (χ1v) is 6.08. The normalized spacial score (nSPS) is 20.4. The molecule has 0 bridgehead atoms. The number of ether oxygens (including phenoxy) is 2. The molecule has 1 aliphatic rings. The Morgan fingerprint density at radius 3 is 2.68 bits per heavy atom. The number of rotatable bonds is 2. The van der Waals surface area contributed by atoms with Gasteiger partial charge in [-0.1, -0.05) is 11.6 Å². The summed E-state index contributed by atoms with van der Waals surface area (Å²) in [6.07, 6.45) is -5.14. The summed E-state index contributed by atoms with van der Waals surface area (Å²) in [7, 11) is 1.28. The quantitative estimate of drug-likeness (QED) is 0.910. The van der Waals surface area contributed by atoms with Crippen molar-refractivity contribution in [2.24, 2.45) is 0 Å². The van der Waals surface area contributed by atoms with Crippen LogP contribution in [0, 0.1) is 0 Å². The molecule has 2 rings (SSSR count). The van der Waals surface area contributed by atoms with Gasteiger partial charge in [0.1, 0.15) is 5.75 Å². The number of alkyl halides is 3. The SMILES string of the molecule is COc1cc(C(F)(F)F)c(C2CNCCO2)cc1Cl. The number of methoxy groups -OCH3 is 1. The van der Waals surface area contributed by atoms with Gasteiger partial charge in [-0.3, -0.25) is 0 Å². The number of nitrogens with one attached hydrogen (secondary N) is 1. The van der Waals surface area contributed by atoms with Crippen LogP contribution >= 0.6 is 11.6 Å². The standard InChI is InChI=1S/C12H13ClF3NO2/c1-18-10-5-8(12(14,15)16)7(4-9(10)13)11-6-17-2-3-19-11/h4-5,11,17H,2-3,6H2,1H3. The Kier molecular flexibility index (Phi) is 4.23. The van der Waals surface area contributed by atoms with E-state index in [0.29, 0.717) is 19.7 Å². The lowest BCUT2D eigenvalue weighted by Crippen LogP contribution is -2.34. The van der Waals surface area contributed by atoms with E-state index in [9.17, 15) is 13.2 Å². The Labute approximate surface area is 113 Å². The monoisotopic (exact) mass is 295 g/mol. The highest BCUT2D eigenvalue weighted by Gasteiger charge is 2.37. The fourth-order valence-electron chi connectivity index (χ4n) is 2.00. The van der Waals surface area contributed by atoms with Gasteiger partial charge in [-0.2, -0.15) is 13.2 Å². The first kappa shape index (κ1) is 14.4. The van der Waals surface area contributed by atoms with Crippen LogP contribution in [0.25, 0.3) is 0 Å². The van der Waals surface area contributed by atoms with E-state index in [0.717, 1.165) is 6.07 Å². The van der Waals surface area contributed by atoms with Crippen LogP contribution in [-0.4, -0.2) is 26.8 Å². The molecule has 1 aromatic rings. The van der Waals surface area contributed by atoms with Gasteiger partial charge in [0.15, 0.2) is 0 Å². The van der Waals surface area contributed by atoms with Gasteiger partial charge >= 0.3 is 6.18 Å². The van der Waals surface area contributed by atoms with Crippen molar-refractivity contribution >= 4 is 11.6 Å². The highest BCUT2D eigenvalue weighted by molar-refractivity contribution is 6.32. The minimum Gasteiger partial charge on any atom is -0.495 e. The number of halogens is 4. The molecule has 1 saturated heterocycles.